The Balaban J connectivity index is 1.13. The van der Waals surface area contributed by atoms with Crippen molar-refractivity contribution in [2.75, 3.05) is 0 Å². The average molecular weight is 841 g/mol. The van der Waals surface area contributed by atoms with Gasteiger partial charge in [0.15, 0.2) is 0 Å². The maximum Gasteiger partial charge on any atom is 0.0726 e. The van der Waals surface area contributed by atoms with Gasteiger partial charge in [-0.15, -0.1) is 0 Å². The van der Waals surface area contributed by atoms with E-state index in [2.05, 4.69) is 224 Å². The quantitative estimate of drug-likeness (QED) is 0.105. The van der Waals surface area contributed by atoms with Gasteiger partial charge in [-0.05, 0) is 166 Å². The lowest BCUT2D eigenvalue weighted by molar-refractivity contribution is 0.588. The van der Waals surface area contributed by atoms with Gasteiger partial charge >= 0.3 is 0 Å². The van der Waals surface area contributed by atoms with E-state index in [-0.39, 0.29) is 10.8 Å². The Morgan fingerprint density at radius 1 is 0.258 bits per heavy atom. The van der Waals surface area contributed by atoms with Gasteiger partial charge in [0.25, 0.3) is 0 Å². The van der Waals surface area contributed by atoms with Gasteiger partial charge < -0.3 is 0 Å². The molecule has 4 aliphatic rings. The van der Waals surface area contributed by atoms with Gasteiger partial charge in [0.05, 0.1) is 10.8 Å². The van der Waals surface area contributed by atoms with E-state index in [0.717, 1.165) is 0 Å². The van der Waals surface area contributed by atoms with Gasteiger partial charge in [0.1, 0.15) is 0 Å². The molecule has 0 fully saturated rings. The first-order valence-electron chi connectivity index (χ1n) is 23.9. The molecule has 11 aromatic carbocycles. The van der Waals surface area contributed by atoms with Crippen LogP contribution in [0.3, 0.4) is 0 Å². The van der Waals surface area contributed by atoms with E-state index < -0.39 is 10.8 Å². The molecule has 0 nitrogen and oxygen atoms in total. The zero-order valence-electron chi connectivity index (χ0n) is 38.3. The summed E-state index contributed by atoms with van der Waals surface area (Å²) in [7, 11) is 0. The van der Waals surface area contributed by atoms with Crippen LogP contribution in [0, 0.1) is 0 Å². The van der Waals surface area contributed by atoms with Gasteiger partial charge in [0, 0.05) is 0 Å². The molecule has 0 amide bonds. The first-order chi connectivity index (χ1) is 32.0. The smallest absolute Gasteiger partial charge is 0.0619 e. The number of benzene rings is 11. The van der Waals surface area contributed by atoms with Crippen LogP contribution < -0.4 is 0 Å². The number of hydrogen-bond donors (Lipinski definition) is 0. The number of fused-ring (bicyclic) bond motifs is 24. The van der Waals surface area contributed by atoms with Crippen molar-refractivity contribution >= 4 is 43.1 Å². The van der Waals surface area contributed by atoms with Crippen LogP contribution in [0.2, 0.25) is 0 Å². The number of hydrogen-bond acceptors (Lipinski definition) is 0. The molecule has 4 aliphatic carbocycles. The second kappa shape index (κ2) is 11.9. The predicted molar refractivity (Wildman–Crippen MR) is 278 cm³/mol. The maximum absolute atomic E-state index is 2.65. The highest BCUT2D eigenvalue weighted by Crippen LogP contribution is 2.67. The SMILES string of the molecule is CC(C)(C)c1ccc2c(c1)C1(c3ccccc3-c3ccccc31)c1cc3c4cccc5c6c(cc(c7cccc(c1-2)c73)c54)C1(c2ccccc2-c2ccccc21)c1cc(C(C)(C)C)ccc1-6. The first kappa shape index (κ1) is 37.0. The Hall–Kier alpha value is -7.28. The largest absolute Gasteiger partial charge is 0.0726 e. The summed E-state index contributed by atoms with van der Waals surface area (Å²) in [5.41, 5.74) is 23.9. The molecule has 11 aromatic rings. The van der Waals surface area contributed by atoms with Crippen molar-refractivity contribution in [1.82, 2.24) is 0 Å². The van der Waals surface area contributed by atoms with Gasteiger partial charge in [-0.1, -0.05) is 211 Å². The molecule has 2 spiro atoms. The van der Waals surface area contributed by atoms with Crippen molar-refractivity contribution in [2.24, 2.45) is 0 Å². The second-order valence-corrected chi connectivity index (χ2v) is 21.9. The van der Waals surface area contributed by atoms with E-state index in [1.54, 1.807) is 0 Å². The summed E-state index contributed by atoms with van der Waals surface area (Å²) in [5, 5.41) is 10.8. The third-order valence-electron chi connectivity index (χ3n) is 16.7. The highest BCUT2D eigenvalue weighted by molar-refractivity contribution is 6.36. The molecule has 66 heavy (non-hydrogen) atoms. The standard InChI is InChI=1S/C66H48/c1-63(2,3)37-29-31-45-55(33-37)65(51-25-11-7-17-39(51)40-18-8-12-26-52(40)65)57-35-49-43-22-16-24-48-60(43)50(44-21-15-23-47(59(44)49)61(45)57)36-58-62(48)46-32-30-38(64(4,5)6)34-56(46)66(58)53-27-13-9-19-41(53)42-20-10-14-28-54(42)66/h7-36H,1-6H3. The van der Waals surface area contributed by atoms with Crippen LogP contribution >= 0.6 is 0 Å². The Morgan fingerprint density at radius 3 is 0.939 bits per heavy atom. The van der Waals surface area contributed by atoms with E-state index >= 15 is 0 Å². The fraction of sp³-hybridized carbons (Fsp3) is 0.152. The third-order valence-corrected chi connectivity index (χ3v) is 16.7. The van der Waals surface area contributed by atoms with Crippen LogP contribution in [0.1, 0.15) is 97.2 Å². The average Bonchev–Trinajstić information content (AvgIpc) is 4.01. The fourth-order valence-electron chi connectivity index (χ4n) is 14.0. The van der Waals surface area contributed by atoms with Crippen LogP contribution in [0.25, 0.3) is 87.6 Å². The molecule has 0 aliphatic heterocycles. The molecule has 0 N–H and O–H groups in total. The van der Waals surface area contributed by atoms with Crippen LogP contribution in [-0.2, 0) is 21.7 Å². The molecule has 0 unspecified atom stereocenters. The zero-order valence-corrected chi connectivity index (χ0v) is 38.3. The van der Waals surface area contributed by atoms with E-state index in [4.69, 9.17) is 0 Å². The van der Waals surface area contributed by atoms with Crippen LogP contribution in [0.4, 0.5) is 0 Å². The van der Waals surface area contributed by atoms with E-state index in [0.29, 0.717) is 0 Å². The third kappa shape index (κ3) is 4.12. The highest BCUT2D eigenvalue weighted by Gasteiger charge is 2.54. The summed E-state index contributed by atoms with van der Waals surface area (Å²) >= 11 is 0. The van der Waals surface area contributed by atoms with E-state index in [1.165, 1.54) is 143 Å². The van der Waals surface area contributed by atoms with E-state index in [9.17, 15) is 0 Å². The summed E-state index contributed by atoms with van der Waals surface area (Å²) in [6, 6.07) is 71.6. The Kier molecular flexibility index (Phi) is 6.69. The fourth-order valence-corrected chi connectivity index (χ4v) is 14.0. The highest BCUT2D eigenvalue weighted by atomic mass is 14.6. The minimum Gasteiger partial charge on any atom is -0.0619 e. The van der Waals surface area contributed by atoms with Gasteiger partial charge in [-0.3, -0.25) is 0 Å². The van der Waals surface area contributed by atoms with Crippen LogP contribution in [-0.4, -0.2) is 0 Å². The molecule has 0 heteroatoms. The molecule has 0 atom stereocenters. The zero-order chi connectivity index (χ0) is 44.2. The molecule has 0 bridgehead atoms. The summed E-state index contributed by atoms with van der Waals surface area (Å²) in [5.74, 6) is 0. The van der Waals surface area contributed by atoms with Crippen molar-refractivity contribution in [3.05, 3.63) is 238 Å². The van der Waals surface area contributed by atoms with Crippen molar-refractivity contribution in [3.63, 3.8) is 0 Å². The number of rotatable bonds is 0. The lowest BCUT2D eigenvalue weighted by atomic mass is 9.68. The maximum atomic E-state index is 2.65. The molecular formula is C66H48. The Bertz CT molecular complexity index is 3650. The molecule has 0 saturated heterocycles. The lowest BCUT2D eigenvalue weighted by Gasteiger charge is -2.32. The summed E-state index contributed by atoms with van der Waals surface area (Å²) in [4.78, 5) is 0. The summed E-state index contributed by atoms with van der Waals surface area (Å²) in [6.07, 6.45) is 0. The van der Waals surface area contributed by atoms with Crippen LogP contribution in [0.5, 0.6) is 0 Å². The first-order valence-corrected chi connectivity index (χ1v) is 23.9. The molecule has 0 radical (unpaired) electrons. The Morgan fingerprint density at radius 2 is 0.591 bits per heavy atom. The normalized spacial score (nSPS) is 15.4. The molecule has 0 heterocycles. The summed E-state index contributed by atoms with van der Waals surface area (Å²) < 4.78 is 0. The predicted octanol–water partition coefficient (Wildman–Crippen LogP) is 17.0. The van der Waals surface area contributed by atoms with Gasteiger partial charge in [-0.25, -0.2) is 0 Å². The van der Waals surface area contributed by atoms with Gasteiger partial charge in [0.2, 0.25) is 0 Å². The molecule has 312 valence electrons. The van der Waals surface area contributed by atoms with Crippen LogP contribution in [0.15, 0.2) is 182 Å². The van der Waals surface area contributed by atoms with Crippen molar-refractivity contribution < 1.29 is 0 Å². The van der Waals surface area contributed by atoms with Crippen molar-refractivity contribution in [3.8, 4) is 44.5 Å². The monoisotopic (exact) mass is 840 g/mol. The second-order valence-electron chi connectivity index (χ2n) is 21.9. The molecular weight excluding hydrogens is 793 g/mol. The molecule has 15 rings (SSSR count). The molecule has 0 saturated carbocycles. The Labute approximate surface area is 386 Å². The van der Waals surface area contributed by atoms with E-state index in [1.807, 2.05) is 0 Å². The topological polar surface area (TPSA) is 0 Å². The molecule has 0 aromatic heterocycles. The summed E-state index contributed by atoms with van der Waals surface area (Å²) in [6.45, 7) is 14.1. The lowest BCUT2D eigenvalue weighted by Crippen LogP contribution is -2.26. The minimum atomic E-state index is -0.453. The minimum absolute atomic E-state index is 0.00568. The van der Waals surface area contributed by atoms with Crippen molar-refractivity contribution in [2.45, 2.75) is 63.2 Å². The van der Waals surface area contributed by atoms with Gasteiger partial charge in [-0.2, -0.15) is 0 Å². The van der Waals surface area contributed by atoms with Crippen molar-refractivity contribution in [1.29, 1.82) is 0 Å².